The highest BCUT2D eigenvalue weighted by molar-refractivity contribution is 5.90. The maximum absolute atomic E-state index is 12.3. The molecular formula is C24H25F3N2O5. The molecule has 1 fully saturated rings. The third-order valence-corrected chi connectivity index (χ3v) is 5.29. The lowest BCUT2D eigenvalue weighted by Gasteiger charge is -2.28. The molecule has 3 rings (SSSR count). The van der Waals surface area contributed by atoms with Gasteiger partial charge in [-0.25, -0.2) is 9.59 Å². The fourth-order valence-electron chi connectivity index (χ4n) is 3.51. The van der Waals surface area contributed by atoms with Gasteiger partial charge >= 0.3 is 18.3 Å². The third kappa shape index (κ3) is 7.80. The van der Waals surface area contributed by atoms with E-state index in [4.69, 9.17) is 20.9 Å². The number of nitrogen functional groups attached to an aromatic ring is 2. The maximum Gasteiger partial charge on any atom is 0.522 e. The number of halogens is 3. The van der Waals surface area contributed by atoms with E-state index in [-0.39, 0.29) is 19.4 Å². The van der Waals surface area contributed by atoms with Gasteiger partial charge in [0.05, 0.1) is 11.7 Å². The van der Waals surface area contributed by atoms with E-state index in [1.54, 1.807) is 42.5 Å². The predicted molar refractivity (Wildman–Crippen MR) is 119 cm³/mol. The highest BCUT2D eigenvalue weighted by Gasteiger charge is 2.36. The number of ether oxygens (including phenoxy) is 3. The molecule has 0 amide bonds. The van der Waals surface area contributed by atoms with Crippen LogP contribution in [0, 0.1) is 0 Å². The van der Waals surface area contributed by atoms with E-state index in [1.807, 2.05) is 0 Å². The number of hydrogen-bond donors (Lipinski definition) is 2. The molecule has 2 aromatic carbocycles. The first-order valence-corrected chi connectivity index (χ1v) is 10.6. The Balaban J connectivity index is 1.44. The third-order valence-electron chi connectivity index (χ3n) is 5.29. The molecule has 0 heterocycles. The molecule has 2 aromatic rings. The molecule has 0 saturated heterocycles. The van der Waals surface area contributed by atoms with Gasteiger partial charge in [-0.3, -0.25) is 4.74 Å². The predicted octanol–water partition coefficient (Wildman–Crippen LogP) is 4.61. The van der Waals surface area contributed by atoms with E-state index in [2.05, 4.69) is 4.74 Å². The van der Waals surface area contributed by atoms with Gasteiger partial charge in [0.1, 0.15) is 12.7 Å². The van der Waals surface area contributed by atoms with Gasteiger partial charge < -0.3 is 20.9 Å². The van der Waals surface area contributed by atoms with Crippen LogP contribution in [0.2, 0.25) is 0 Å². The zero-order chi connectivity index (χ0) is 24.7. The van der Waals surface area contributed by atoms with Crippen molar-refractivity contribution in [3.05, 3.63) is 65.2 Å². The minimum absolute atomic E-state index is 0.00427. The second-order valence-corrected chi connectivity index (χ2v) is 7.89. The van der Waals surface area contributed by atoms with Crippen LogP contribution in [-0.4, -0.2) is 30.5 Å². The second kappa shape index (κ2) is 11.1. The number of alkyl halides is 3. The molecule has 1 aliphatic carbocycles. The summed E-state index contributed by atoms with van der Waals surface area (Å²) in [6.07, 6.45) is -2.29. The van der Waals surface area contributed by atoms with E-state index in [0.717, 1.165) is 0 Å². The zero-order valence-electron chi connectivity index (χ0n) is 18.2. The van der Waals surface area contributed by atoms with Crippen LogP contribution in [0.3, 0.4) is 0 Å². The first kappa shape index (κ1) is 25.1. The van der Waals surface area contributed by atoms with Gasteiger partial charge in [-0.15, -0.1) is 13.2 Å². The van der Waals surface area contributed by atoms with Gasteiger partial charge in [-0.2, -0.15) is 0 Å². The first-order valence-electron chi connectivity index (χ1n) is 10.6. The Morgan fingerprint density at radius 1 is 0.971 bits per heavy atom. The average molecular weight is 478 g/mol. The molecule has 7 nitrogen and oxygen atoms in total. The molecule has 4 N–H and O–H groups in total. The van der Waals surface area contributed by atoms with Crippen LogP contribution >= 0.6 is 0 Å². The molecule has 0 aliphatic heterocycles. The number of nitrogens with two attached hydrogens (primary N) is 2. The Bertz CT molecular complexity index is 1030. The summed E-state index contributed by atoms with van der Waals surface area (Å²) in [6.45, 7) is 0.00427. The van der Waals surface area contributed by atoms with E-state index >= 15 is 0 Å². The van der Waals surface area contributed by atoms with E-state index in [9.17, 15) is 22.8 Å². The summed E-state index contributed by atoms with van der Waals surface area (Å²) >= 11 is 0. The number of hydrogen-bond acceptors (Lipinski definition) is 7. The lowest BCUT2D eigenvalue weighted by molar-refractivity contribution is -0.346. The molecule has 0 bridgehead atoms. The summed E-state index contributed by atoms with van der Waals surface area (Å²) < 4.78 is 51.5. The number of anilines is 2. The van der Waals surface area contributed by atoms with Crippen molar-refractivity contribution in [3.63, 3.8) is 0 Å². The van der Waals surface area contributed by atoms with Crippen LogP contribution in [0.5, 0.6) is 0 Å². The van der Waals surface area contributed by atoms with Crippen molar-refractivity contribution in [1.82, 2.24) is 0 Å². The highest BCUT2D eigenvalue weighted by Crippen LogP contribution is 2.29. The Morgan fingerprint density at radius 2 is 1.62 bits per heavy atom. The second-order valence-electron chi connectivity index (χ2n) is 7.89. The van der Waals surface area contributed by atoms with E-state index < -0.39 is 30.5 Å². The van der Waals surface area contributed by atoms with Crippen LogP contribution in [0.1, 0.15) is 47.2 Å². The summed E-state index contributed by atoms with van der Waals surface area (Å²) in [6, 6.07) is 11.3. The molecule has 1 saturated carbocycles. The average Bonchev–Trinajstić information content (AvgIpc) is 2.78. The summed E-state index contributed by atoms with van der Waals surface area (Å²) in [5.41, 5.74) is 14.0. The minimum atomic E-state index is -4.66. The first-order chi connectivity index (χ1) is 16.1. The fourth-order valence-corrected chi connectivity index (χ4v) is 3.51. The lowest BCUT2D eigenvalue weighted by atomic mass is 9.95. The molecular weight excluding hydrogens is 453 g/mol. The topological polar surface area (TPSA) is 114 Å². The molecule has 0 spiro atoms. The SMILES string of the molecule is Nc1ccc(COC(=O)C=Cc2ccc(C(=O)OC3CCC(OC(F)(F)F)CC3)cc2)c(N)c1. The quantitative estimate of drug-likeness (QED) is 0.339. The number of benzene rings is 2. The normalized spacial score (nSPS) is 18.6. The highest BCUT2D eigenvalue weighted by atomic mass is 19.4. The molecule has 0 atom stereocenters. The van der Waals surface area contributed by atoms with Gasteiger partial charge in [0.15, 0.2) is 0 Å². The zero-order valence-corrected chi connectivity index (χ0v) is 18.2. The smallest absolute Gasteiger partial charge is 0.459 e. The van der Waals surface area contributed by atoms with E-state index in [0.29, 0.717) is 40.9 Å². The largest absolute Gasteiger partial charge is 0.522 e. The summed E-state index contributed by atoms with van der Waals surface area (Å²) in [5.74, 6) is -1.12. The molecule has 1 aliphatic rings. The van der Waals surface area contributed by atoms with Crippen LogP contribution in [0.4, 0.5) is 24.5 Å². The number of carbonyl (C=O) groups is 2. The van der Waals surface area contributed by atoms with Crippen molar-refractivity contribution in [2.24, 2.45) is 0 Å². The van der Waals surface area contributed by atoms with Gasteiger partial charge in [0, 0.05) is 23.0 Å². The molecule has 0 aromatic heterocycles. The summed E-state index contributed by atoms with van der Waals surface area (Å²) in [5, 5.41) is 0. The Hall–Kier alpha value is -3.53. The number of esters is 2. The van der Waals surface area contributed by atoms with Gasteiger partial charge in [0.25, 0.3) is 0 Å². The molecule has 0 radical (unpaired) electrons. The van der Waals surface area contributed by atoms with Crippen molar-refractivity contribution in [2.75, 3.05) is 11.5 Å². The Kier molecular flexibility index (Phi) is 8.17. The van der Waals surface area contributed by atoms with Crippen LogP contribution in [0.15, 0.2) is 48.5 Å². The maximum atomic E-state index is 12.3. The van der Waals surface area contributed by atoms with Crippen molar-refractivity contribution in [1.29, 1.82) is 0 Å². The van der Waals surface area contributed by atoms with Crippen molar-refractivity contribution in [3.8, 4) is 0 Å². The Morgan fingerprint density at radius 3 is 2.24 bits per heavy atom. The van der Waals surface area contributed by atoms with E-state index in [1.165, 1.54) is 12.2 Å². The van der Waals surface area contributed by atoms with Crippen LogP contribution in [0.25, 0.3) is 6.08 Å². The van der Waals surface area contributed by atoms with Crippen LogP contribution < -0.4 is 11.5 Å². The lowest BCUT2D eigenvalue weighted by Crippen LogP contribution is -2.31. The van der Waals surface area contributed by atoms with Gasteiger partial charge in [0.2, 0.25) is 0 Å². The minimum Gasteiger partial charge on any atom is -0.459 e. The number of rotatable bonds is 7. The number of carbonyl (C=O) groups excluding carboxylic acids is 2. The van der Waals surface area contributed by atoms with Crippen molar-refractivity contribution < 1.29 is 37.0 Å². The fraction of sp³-hybridized carbons (Fsp3) is 0.333. The van der Waals surface area contributed by atoms with Crippen molar-refractivity contribution >= 4 is 29.4 Å². The monoisotopic (exact) mass is 478 g/mol. The molecule has 34 heavy (non-hydrogen) atoms. The summed E-state index contributed by atoms with van der Waals surface area (Å²) in [7, 11) is 0. The standard InChI is InChI=1S/C24H25F3N2O5/c25-24(26,27)34-20-10-8-19(9-11-20)33-23(31)16-4-1-15(2-5-16)3-12-22(30)32-14-17-6-7-18(28)13-21(17)29/h1-7,12-13,19-20H,8-11,14,28-29H2. The molecule has 0 unspecified atom stereocenters. The van der Waals surface area contributed by atoms with Crippen LogP contribution in [-0.2, 0) is 25.6 Å². The van der Waals surface area contributed by atoms with Gasteiger partial charge in [-0.05, 0) is 61.6 Å². The Labute approximate surface area is 194 Å². The molecule has 10 heteroatoms. The van der Waals surface area contributed by atoms with Crippen molar-refractivity contribution in [2.45, 2.75) is 50.9 Å². The molecule has 182 valence electrons. The van der Waals surface area contributed by atoms with Gasteiger partial charge in [-0.1, -0.05) is 18.2 Å². The summed E-state index contributed by atoms with van der Waals surface area (Å²) in [4.78, 5) is 24.3.